The monoisotopic (exact) mass is 303 g/mol. The number of nitrogens with two attached hydrogens (primary N) is 1. The van der Waals surface area contributed by atoms with Crippen molar-refractivity contribution in [3.05, 3.63) is 57.8 Å². The molecule has 3 nitrogen and oxygen atoms in total. The van der Waals surface area contributed by atoms with Crippen molar-refractivity contribution in [2.45, 2.75) is 25.2 Å². The van der Waals surface area contributed by atoms with Crippen LogP contribution in [0.2, 0.25) is 0 Å². The maximum atomic E-state index is 12.4. The van der Waals surface area contributed by atoms with Gasteiger partial charge in [0.1, 0.15) is 5.41 Å². The van der Waals surface area contributed by atoms with E-state index in [1.807, 2.05) is 42.6 Å². The fourth-order valence-corrected chi connectivity index (χ4v) is 3.24. The standard InChI is InChI=1S/C17H21NO2S/c1-13-5-7-14(8-6-13)17(12-18,16(19)20-2)10-9-15-4-3-11-21-15/h3-8,11H,9-10,12,18H2,1-2H3. The van der Waals surface area contributed by atoms with E-state index in [1.165, 1.54) is 12.0 Å². The van der Waals surface area contributed by atoms with Crippen LogP contribution in [0.1, 0.15) is 22.4 Å². The van der Waals surface area contributed by atoms with Crippen LogP contribution in [0.25, 0.3) is 0 Å². The van der Waals surface area contributed by atoms with Gasteiger partial charge in [0.2, 0.25) is 0 Å². The van der Waals surface area contributed by atoms with Gasteiger partial charge in [-0.2, -0.15) is 0 Å². The summed E-state index contributed by atoms with van der Waals surface area (Å²) in [5, 5.41) is 2.05. The molecular formula is C17H21NO2S. The normalized spacial score (nSPS) is 13.7. The van der Waals surface area contributed by atoms with Crippen LogP contribution in [0.4, 0.5) is 0 Å². The van der Waals surface area contributed by atoms with Crippen LogP contribution in [0.5, 0.6) is 0 Å². The summed E-state index contributed by atoms with van der Waals surface area (Å²) in [6, 6.07) is 12.1. The van der Waals surface area contributed by atoms with E-state index in [2.05, 4.69) is 6.07 Å². The van der Waals surface area contributed by atoms with E-state index in [-0.39, 0.29) is 12.5 Å². The summed E-state index contributed by atoms with van der Waals surface area (Å²) in [5.74, 6) is -0.259. The quantitative estimate of drug-likeness (QED) is 0.834. The van der Waals surface area contributed by atoms with Crippen LogP contribution in [-0.4, -0.2) is 19.6 Å². The van der Waals surface area contributed by atoms with Crippen LogP contribution >= 0.6 is 11.3 Å². The molecule has 0 radical (unpaired) electrons. The lowest BCUT2D eigenvalue weighted by atomic mass is 9.76. The van der Waals surface area contributed by atoms with E-state index >= 15 is 0 Å². The Bertz CT molecular complexity index is 577. The Morgan fingerprint density at radius 3 is 2.52 bits per heavy atom. The number of methoxy groups -OCH3 is 1. The molecule has 0 spiro atoms. The van der Waals surface area contributed by atoms with Gasteiger partial charge in [0.15, 0.2) is 0 Å². The Balaban J connectivity index is 2.32. The minimum Gasteiger partial charge on any atom is -0.468 e. The van der Waals surface area contributed by atoms with Gasteiger partial charge in [-0.1, -0.05) is 35.9 Å². The lowest BCUT2D eigenvalue weighted by Gasteiger charge is -2.30. The second kappa shape index (κ2) is 6.87. The van der Waals surface area contributed by atoms with Crippen LogP contribution in [0, 0.1) is 6.92 Å². The SMILES string of the molecule is COC(=O)C(CN)(CCc1cccs1)c1ccc(C)cc1. The Labute approximate surface area is 129 Å². The molecule has 1 heterocycles. The van der Waals surface area contributed by atoms with Gasteiger partial charge in [0.05, 0.1) is 7.11 Å². The smallest absolute Gasteiger partial charge is 0.317 e. The molecule has 4 heteroatoms. The number of carbonyl (C=O) groups excluding carboxylic acids is 1. The highest BCUT2D eigenvalue weighted by Gasteiger charge is 2.39. The molecule has 2 aromatic rings. The predicted molar refractivity (Wildman–Crippen MR) is 86.6 cm³/mol. The number of carbonyl (C=O) groups is 1. The average molecular weight is 303 g/mol. The first-order chi connectivity index (χ1) is 10.1. The first-order valence-electron chi connectivity index (χ1n) is 7.00. The molecule has 0 aliphatic carbocycles. The zero-order valence-electron chi connectivity index (χ0n) is 12.5. The van der Waals surface area contributed by atoms with Gasteiger partial charge in [0.25, 0.3) is 0 Å². The van der Waals surface area contributed by atoms with Crippen molar-refractivity contribution in [2.75, 3.05) is 13.7 Å². The van der Waals surface area contributed by atoms with Gasteiger partial charge in [-0.3, -0.25) is 4.79 Å². The van der Waals surface area contributed by atoms with E-state index in [0.717, 1.165) is 17.5 Å². The molecule has 2 N–H and O–H groups in total. The van der Waals surface area contributed by atoms with Crippen molar-refractivity contribution >= 4 is 17.3 Å². The molecule has 0 fully saturated rings. The van der Waals surface area contributed by atoms with Crippen molar-refractivity contribution in [1.82, 2.24) is 0 Å². The van der Waals surface area contributed by atoms with Crippen molar-refractivity contribution in [2.24, 2.45) is 5.73 Å². The number of benzene rings is 1. The number of aryl methyl sites for hydroxylation is 2. The molecule has 1 aromatic carbocycles. The first kappa shape index (κ1) is 15.7. The van der Waals surface area contributed by atoms with E-state index in [1.54, 1.807) is 11.3 Å². The molecule has 1 unspecified atom stereocenters. The van der Waals surface area contributed by atoms with Gasteiger partial charge in [-0.05, 0) is 36.8 Å². The number of thiophene rings is 1. The molecule has 0 saturated carbocycles. The minimum atomic E-state index is -0.771. The van der Waals surface area contributed by atoms with E-state index in [0.29, 0.717) is 6.42 Å². The van der Waals surface area contributed by atoms with Crippen molar-refractivity contribution in [3.63, 3.8) is 0 Å². The number of ether oxygens (including phenoxy) is 1. The van der Waals surface area contributed by atoms with Crippen molar-refractivity contribution < 1.29 is 9.53 Å². The van der Waals surface area contributed by atoms with Gasteiger partial charge in [-0.25, -0.2) is 0 Å². The van der Waals surface area contributed by atoms with Gasteiger partial charge < -0.3 is 10.5 Å². The van der Waals surface area contributed by atoms with Crippen LogP contribution in [-0.2, 0) is 21.4 Å². The molecule has 1 aromatic heterocycles. The summed E-state index contributed by atoms with van der Waals surface area (Å²) in [7, 11) is 1.42. The molecule has 21 heavy (non-hydrogen) atoms. The van der Waals surface area contributed by atoms with Gasteiger partial charge in [0, 0.05) is 11.4 Å². The zero-order valence-corrected chi connectivity index (χ0v) is 13.3. The Morgan fingerprint density at radius 2 is 2.00 bits per heavy atom. The molecule has 2 rings (SSSR count). The third-order valence-corrected chi connectivity index (χ3v) is 4.84. The molecule has 0 amide bonds. The number of hydrogen-bond acceptors (Lipinski definition) is 4. The van der Waals surface area contributed by atoms with Gasteiger partial charge >= 0.3 is 5.97 Å². The van der Waals surface area contributed by atoms with E-state index < -0.39 is 5.41 Å². The summed E-state index contributed by atoms with van der Waals surface area (Å²) in [6.07, 6.45) is 1.47. The minimum absolute atomic E-state index is 0.244. The third-order valence-electron chi connectivity index (χ3n) is 3.91. The highest BCUT2D eigenvalue weighted by atomic mass is 32.1. The van der Waals surface area contributed by atoms with E-state index in [4.69, 9.17) is 10.5 Å². The van der Waals surface area contributed by atoms with Crippen LogP contribution < -0.4 is 5.73 Å². The second-order valence-electron chi connectivity index (χ2n) is 5.22. The molecule has 1 atom stereocenters. The highest BCUT2D eigenvalue weighted by molar-refractivity contribution is 7.09. The fraction of sp³-hybridized carbons (Fsp3) is 0.353. The largest absolute Gasteiger partial charge is 0.468 e. The number of esters is 1. The fourth-order valence-electron chi connectivity index (χ4n) is 2.53. The maximum Gasteiger partial charge on any atom is 0.317 e. The highest BCUT2D eigenvalue weighted by Crippen LogP contribution is 2.31. The van der Waals surface area contributed by atoms with Crippen molar-refractivity contribution in [3.8, 4) is 0 Å². The molecule has 112 valence electrons. The lowest BCUT2D eigenvalue weighted by molar-refractivity contribution is -0.147. The summed E-state index contributed by atoms with van der Waals surface area (Å²) in [6.45, 7) is 2.27. The third kappa shape index (κ3) is 3.34. The maximum absolute atomic E-state index is 12.4. The lowest BCUT2D eigenvalue weighted by Crippen LogP contribution is -2.44. The molecule has 0 aliphatic heterocycles. The first-order valence-corrected chi connectivity index (χ1v) is 7.88. The van der Waals surface area contributed by atoms with E-state index in [9.17, 15) is 4.79 Å². The number of rotatable bonds is 6. The topological polar surface area (TPSA) is 52.3 Å². The summed E-state index contributed by atoms with van der Waals surface area (Å²) in [5.41, 5.74) is 7.31. The van der Waals surface area contributed by atoms with Crippen LogP contribution in [0.3, 0.4) is 0 Å². The molecule has 0 bridgehead atoms. The Morgan fingerprint density at radius 1 is 1.29 bits per heavy atom. The van der Waals surface area contributed by atoms with Crippen molar-refractivity contribution in [1.29, 1.82) is 0 Å². The average Bonchev–Trinajstić information content (AvgIpc) is 3.02. The Kier molecular flexibility index (Phi) is 5.15. The molecule has 0 saturated heterocycles. The second-order valence-corrected chi connectivity index (χ2v) is 6.26. The molecular weight excluding hydrogens is 282 g/mol. The van der Waals surface area contributed by atoms with Crippen LogP contribution in [0.15, 0.2) is 41.8 Å². The summed E-state index contributed by atoms with van der Waals surface area (Å²) >= 11 is 1.70. The summed E-state index contributed by atoms with van der Waals surface area (Å²) in [4.78, 5) is 13.7. The number of hydrogen-bond donors (Lipinski definition) is 1. The van der Waals surface area contributed by atoms with Gasteiger partial charge in [-0.15, -0.1) is 11.3 Å². The molecule has 0 aliphatic rings. The predicted octanol–water partition coefficient (Wildman–Crippen LogP) is 3.06. The Hall–Kier alpha value is -1.65. The zero-order chi connectivity index (χ0) is 15.3. The summed E-state index contributed by atoms with van der Waals surface area (Å²) < 4.78 is 5.05.